The molecule has 26 heavy (non-hydrogen) atoms. The summed E-state index contributed by atoms with van der Waals surface area (Å²) in [5.74, 6) is 0.901. The molecule has 5 nitrogen and oxygen atoms in total. The van der Waals surface area contributed by atoms with Crippen LogP contribution in [0.1, 0.15) is 67.0 Å². The normalized spacial score (nSPS) is 11.5. The minimum Gasteiger partial charge on any atom is -0.478 e. The number of carbonyl (C=O) groups excluding carboxylic acids is 1. The number of hydrogen-bond acceptors (Lipinski definition) is 3. The molecule has 5 heteroatoms. The van der Waals surface area contributed by atoms with Crippen LogP contribution < -0.4 is 4.90 Å². The number of hydrogen-bond donors (Lipinski definition) is 1. The maximum atomic E-state index is 12.4. The molecular weight excluding hydrogens is 330 g/mol. The molecule has 0 saturated heterocycles. The summed E-state index contributed by atoms with van der Waals surface area (Å²) < 4.78 is 5.89. The van der Waals surface area contributed by atoms with Crippen molar-refractivity contribution in [1.82, 2.24) is 0 Å². The number of amides is 1. The quantitative estimate of drug-likeness (QED) is 0.748. The molecular formula is C21H25NO4. The van der Waals surface area contributed by atoms with E-state index < -0.39 is 5.97 Å². The van der Waals surface area contributed by atoms with E-state index in [9.17, 15) is 9.59 Å². The average molecular weight is 355 g/mol. The van der Waals surface area contributed by atoms with Crippen LogP contribution in [0.25, 0.3) is 6.08 Å². The molecule has 0 spiro atoms. The van der Waals surface area contributed by atoms with E-state index >= 15 is 0 Å². The molecule has 0 unspecified atom stereocenters. The second-order valence-electron chi connectivity index (χ2n) is 6.86. The number of aromatic carboxylic acids is 1. The summed E-state index contributed by atoms with van der Waals surface area (Å²) in [5.41, 5.74) is 1.81. The van der Waals surface area contributed by atoms with Gasteiger partial charge in [0.2, 0.25) is 0 Å². The van der Waals surface area contributed by atoms with Crippen LogP contribution in [0, 0.1) is 0 Å². The molecule has 0 saturated carbocycles. The van der Waals surface area contributed by atoms with Crippen LogP contribution in [0.2, 0.25) is 0 Å². The molecule has 0 aliphatic carbocycles. The van der Waals surface area contributed by atoms with Gasteiger partial charge in [-0.15, -0.1) is 0 Å². The van der Waals surface area contributed by atoms with E-state index in [1.54, 1.807) is 25.3 Å². The number of furan rings is 1. The molecule has 0 atom stereocenters. The lowest BCUT2D eigenvalue weighted by atomic mass is 9.98. The van der Waals surface area contributed by atoms with Crippen molar-refractivity contribution in [2.75, 3.05) is 11.9 Å². The van der Waals surface area contributed by atoms with E-state index in [2.05, 4.69) is 27.7 Å². The van der Waals surface area contributed by atoms with Gasteiger partial charge in [0, 0.05) is 24.7 Å². The predicted molar refractivity (Wildman–Crippen MR) is 103 cm³/mol. The van der Waals surface area contributed by atoms with Crippen LogP contribution in [0.5, 0.6) is 0 Å². The molecule has 0 aliphatic heterocycles. The highest BCUT2D eigenvalue weighted by Gasteiger charge is 2.16. The van der Waals surface area contributed by atoms with Crippen molar-refractivity contribution in [1.29, 1.82) is 0 Å². The highest BCUT2D eigenvalue weighted by Crippen LogP contribution is 2.30. The summed E-state index contributed by atoms with van der Waals surface area (Å²) in [6, 6.07) is 8.23. The Morgan fingerprint density at radius 2 is 1.81 bits per heavy atom. The average Bonchev–Trinajstić information content (AvgIpc) is 3.04. The molecule has 1 N–H and O–H groups in total. The minimum atomic E-state index is -1.03. The van der Waals surface area contributed by atoms with Crippen molar-refractivity contribution in [3.8, 4) is 0 Å². The number of nitrogens with zero attached hydrogens (tertiary/aromatic N) is 1. The first kappa shape index (κ1) is 19.5. The number of anilines is 1. The van der Waals surface area contributed by atoms with Gasteiger partial charge >= 0.3 is 5.97 Å². The Morgan fingerprint density at radius 3 is 2.35 bits per heavy atom. The van der Waals surface area contributed by atoms with Gasteiger partial charge < -0.3 is 14.4 Å². The molecule has 1 aromatic carbocycles. The molecule has 2 rings (SSSR count). The zero-order valence-corrected chi connectivity index (χ0v) is 15.8. The maximum absolute atomic E-state index is 12.4. The van der Waals surface area contributed by atoms with Gasteiger partial charge in [-0.3, -0.25) is 4.79 Å². The smallest absolute Gasteiger partial charge is 0.335 e. The third-order valence-corrected chi connectivity index (χ3v) is 4.16. The Labute approximate surface area is 153 Å². The lowest BCUT2D eigenvalue weighted by Gasteiger charge is -2.15. The summed E-state index contributed by atoms with van der Waals surface area (Å²) in [4.78, 5) is 24.9. The summed E-state index contributed by atoms with van der Waals surface area (Å²) in [7, 11) is 1.61. The lowest BCUT2D eigenvalue weighted by molar-refractivity contribution is -0.113. The minimum absolute atomic E-state index is 0.139. The van der Waals surface area contributed by atoms with Gasteiger partial charge in [0.05, 0.1) is 5.56 Å². The van der Waals surface area contributed by atoms with Crippen LogP contribution in [0.4, 0.5) is 5.69 Å². The fourth-order valence-corrected chi connectivity index (χ4v) is 2.66. The predicted octanol–water partition coefficient (Wildman–Crippen LogP) is 4.90. The van der Waals surface area contributed by atoms with Crippen LogP contribution >= 0.6 is 0 Å². The first-order chi connectivity index (χ1) is 12.2. The largest absolute Gasteiger partial charge is 0.478 e. The Kier molecular flexibility index (Phi) is 6.03. The van der Waals surface area contributed by atoms with Gasteiger partial charge in [0.15, 0.2) is 0 Å². The van der Waals surface area contributed by atoms with Gasteiger partial charge in [-0.25, -0.2) is 4.79 Å². The van der Waals surface area contributed by atoms with E-state index in [1.807, 2.05) is 6.07 Å². The fourth-order valence-electron chi connectivity index (χ4n) is 2.66. The van der Waals surface area contributed by atoms with E-state index in [-0.39, 0.29) is 17.4 Å². The second kappa shape index (κ2) is 8.04. The van der Waals surface area contributed by atoms with E-state index in [1.165, 1.54) is 23.1 Å². The molecule has 0 aliphatic rings. The van der Waals surface area contributed by atoms with Crippen LogP contribution in [-0.4, -0.2) is 24.0 Å². The fraction of sp³-hybridized carbons (Fsp3) is 0.333. The Hall–Kier alpha value is -2.82. The third-order valence-electron chi connectivity index (χ3n) is 4.16. The van der Waals surface area contributed by atoms with Crippen molar-refractivity contribution in [3.63, 3.8) is 0 Å². The molecule has 1 heterocycles. The number of rotatable bonds is 6. The van der Waals surface area contributed by atoms with Crippen molar-refractivity contribution in [2.45, 2.75) is 39.5 Å². The van der Waals surface area contributed by atoms with Gasteiger partial charge in [0.25, 0.3) is 5.91 Å². The second-order valence-corrected chi connectivity index (χ2v) is 6.86. The molecule has 0 bridgehead atoms. The summed E-state index contributed by atoms with van der Waals surface area (Å²) in [6.45, 7) is 8.37. The zero-order chi connectivity index (χ0) is 19.4. The molecule has 1 aromatic heterocycles. The summed E-state index contributed by atoms with van der Waals surface area (Å²) >= 11 is 0. The van der Waals surface area contributed by atoms with Gasteiger partial charge in [-0.1, -0.05) is 33.8 Å². The van der Waals surface area contributed by atoms with Gasteiger partial charge in [-0.2, -0.15) is 0 Å². The highest BCUT2D eigenvalue weighted by molar-refractivity contribution is 6.03. The Morgan fingerprint density at radius 1 is 1.12 bits per heavy atom. The van der Waals surface area contributed by atoms with E-state index in [0.717, 1.165) is 11.3 Å². The van der Waals surface area contributed by atoms with Crippen LogP contribution in [0.3, 0.4) is 0 Å². The van der Waals surface area contributed by atoms with Crippen molar-refractivity contribution in [3.05, 3.63) is 59.1 Å². The van der Waals surface area contributed by atoms with Gasteiger partial charge in [0.1, 0.15) is 11.5 Å². The van der Waals surface area contributed by atoms with Crippen molar-refractivity contribution >= 4 is 23.6 Å². The number of carbonyl (C=O) groups is 2. The molecule has 0 fully saturated rings. The highest BCUT2D eigenvalue weighted by atomic mass is 16.4. The van der Waals surface area contributed by atoms with Crippen molar-refractivity contribution in [2.24, 2.45) is 0 Å². The summed E-state index contributed by atoms with van der Waals surface area (Å²) in [6.07, 6.45) is 3.08. The number of carboxylic acids is 1. The molecule has 138 valence electrons. The number of likely N-dealkylation sites (N-methyl/N-ethyl adjacent to an activating group) is 1. The maximum Gasteiger partial charge on any atom is 0.335 e. The number of benzene rings is 1. The standard InChI is InChI=1S/C21H25NO4/c1-13(2)18-12-17(26-20(18)14(3)4)9-10-19(23)22(5)16-8-6-7-15(11-16)21(24)25/h6-14H,1-5H3,(H,24,25). The number of carboxylic acid groups (broad SMARTS) is 1. The zero-order valence-electron chi connectivity index (χ0n) is 15.8. The monoisotopic (exact) mass is 355 g/mol. The lowest BCUT2D eigenvalue weighted by Crippen LogP contribution is -2.24. The topological polar surface area (TPSA) is 70.8 Å². The van der Waals surface area contributed by atoms with Crippen molar-refractivity contribution < 1.29 is 19.1 Å². The molecule has 0 radical (unpaired) electrons. The first-order valence-corrected chi connectivity index (χ1v) is 8.63. The van der Waals surface area contributed by atoms with Gasteiger partial charge in [-0.05, 0) is 41.8 Å². The van der Waals surface area contributed by atoms with Crippen LogP contribution in [-0.2, 0) is 4.79 Å². The SMILES string of the molecule is CC(C)c1cc(C=CC(=O)N(C)c2cccc(C(=O)O)c2)oc1C(C)C. The van der Waals surface area contributed by atoms with E-state index in [0.29, 0.717) is 17.4 Å². The first-order valence-electron chi connectivity index (χ1n) is 8.63. The Bertz CT molecular complexity index is 805. The van der Waals surface area contributed by atoms with E-state index in [4.69, 9.17) is 9.52 Å². The summed E-state index contributed by atoms with van der Waals surface area (Å²) in [5, 5.41) is 9.07. The van der Waals surface area contributed by atoms with Crippen LogP contribution in [0.15, 0.2) is 40.8 Å². The third kappa shape index (κ3) is 4.42. The Balaban J connectivity index is 2.20. The molecule has 2 aromatic rings. The molecule has 1 amide bonds.